The molecule has 27 heavy (non-hydrogen) atoms. The lowest BCUT2D eigenvalue weighted by molar-refractivity contribution is -0.129. The first-order valence-electron chi connectivity index (χ1n) is 9.72. The van der Waals surface area contributed by atoms with Crippen LogP contribution in [0.5, 0.6) is 0 Å². The average molecular weight is 385 g/mol. The molecule has 0 unspecified atom stereocenters. The summed E-state index contributed by atoms with van der Waals surface area (Å²) in [4.78, 5) is 47.0. The SMILES string of the molecule is CCC(=O)NCCCC[C@H](NC(=O)CNC(=O)[C@H](CC(C)C)NC)C(C)=O. The van der Waals surface area contributed by atoms with Crippen LogP contribution in [-0.4, -0.2) is 55.7 Å². The van der Waals surface area contributed by atoms with Crippen LogP contribution in [0.2, 0.25) is 0 Å². The minimum atomic E-state index is -0.577. The molecule has 156 valence electrons. The third kappa shape index (κ3) is 12.1. The van der Waals surface area contributed by atoms with Crippen molar-refractivity contribution in [1.82, 2.24) is 21.3 Å². The highest BCUT2D eigenvalue weighted by atomic mass is 16.2. The molecule has 0 aliphatic heterocycles. The Bertz CT molecular complexity index is 494. The van der Waals surface area contributed by atoms with Crippen LogP contribution in [0.4, 0.5) is 0 Å². The molecule has 0 spiro atoms. The van der Waals surface area contributed by atoms with E-state index in [4.69, 9.17) is 0 Å². The summed E-state index contributed by atoms with van der Waals surface area (Å²) >= 11 is 0. The fourth-order valence-corrected chi connectivity index (χ4v) is 2.57. The number of carbonyl (C=O) groups is 4. The number of unbranched alkanes of at least 4 members (excludes halogenated alkanes) is 1. The fraction of sp³-hybridized carbons (Fsp3) is 0.789. The number of ketones is 1. The van der Waals surface area contributed by atoms with Crippen LogP contribution in [0.3, 0.4) is 0 Å². The van der Waals surface area contributed by atoms with Crippen molar-refractivity contribution in [3.8, 4) is 0 Å². The quantitative estimate of drug-likeness (QED) is 0.326. The van der Waals surface area contributed by atoms with Crippen molar-refractivity contribution in [1.29, 1.82) is 0 Å². The summed E-state index contributed by atoms with van der Waals surface area (Å²) in [7, 11) is 1.71. The Hall–Kier alpha value is -1.96. The maximum absolute atomic E-state index is 12.1. The lowest BCUT2D eigenvalue weighted by atomic mass is 10.0. The van der Waals surface area contributed by atoms with E-state index in [0.29, 0.717) is 38.1 Å². The van der Waals surface area contributed by atoms with Gasteiger partial charge >= 0.3 is 0 Å². The summed E-state index contributed by atoms with van der Waals surface area (Å²) in [5.41, 5.74) is 0. The van der Waals surface area contributed by atoms with Gasteiger partial charge in [-0.15, -0.1) is 0 Å². The van der Waals surface area contributed by atoms with Crippen LogP contribution in [0.1, 0.15) is 59.8 Å². The molecule has 2 atom stereocenters. The van der Waals surface area contributed by atoms with Gasteiger partial charge in [-0.3, -0.25) is 19.2 Å². The number of Topliss-reactive ketones (excluding diaryl/α,β-unsaturated/α-hetero) is 1. The first-order chi connectivity index (χ1) is 12.7. The lowest BCUT2D eigenvalue weighted by Crippen LogP contribution is -2.49. The molecule has 0 aliphatic rings. The first-order valence-corrected chi connectivity index (χ1v) is 9.72. The Morgan fingerprint density at radius 3 is 2.11 bits per heavy atom. The Morgan fingerprint density at radius 2 is 1.59 bits per heavy atom. The summed E-state index contributed by atoms with van der Waals surface area (Å²) in [5.74, 6) is -0.388. The van der Waals surface area contributed by atoms with Gasteiger partial charge in [-0.2, -0.15) is 0 Å². The van der Waals surface area contributed by atoms with Gasteiger partial charge in [0.05, 0.1) is 18.6 Å². The fourth-order valence-electron chi connectivity index (χ4n) is 2.57. The van der Waals surface area contributed by atoms with Crippen molar-refractivity contribution in [3.05, 3.63) is 0 Å². The molecular weight excluding hydrogens is 348 g/mol. The molecule has 0 aromatic carbocycles. The summed E-state index contributed by atoms with van der Waals surface area (Å²) in [5, 5.41) is 11.0. The summed E-state index contributed by atoms with van der Waals surface area (Å²) in [6, 6.07) is -0.924. The number of rotatable bonds is 14. The molecule has 0 aliphatic carbocycles. The van der Waals surface area contributed by atoms with Crippen LogP contribution >= 0.6 is 0 Å². The van der Waals surface area contributed by atoms with Gasteiger partial charge in [0, 0.05) is 13.0 Å². The molecule has 0 rings (SSSR count). The smallest absolute Gasteiger partial charge is 0.239 e. The summed E-state index contributed by atoms with van der Waals surface area (Å²) in [6.45, 7) is 7.66. The van der Waals surface area contributed by atoms with Gasteiger partial charge in [-0.25, -0.2) is 0 Å². The van der Waals surface area contributed by atoms with Gasteiger partial charge in [0.15, 0.2) is 5.78 Å². The predicted molar refractivity (Wildman–Crippen MR) is 105 cm³/mol. The second-order valence-corrected chi connectivity index (χ2v) is 7.12. The highest BCUT2D eigenvalue weighted by Crippen LogP contribution is 2.04. The van der Waals surface area contributed by atoms with Crippen molar-refractivity contribution in [2.24, 2.45) is 5.92 Å². The molecule has 0 radical (unpaired) electrons. The summed E-state index contributed by atoms with van der Waals surface area (Å²) < 4.78 is 0. The highest BCUT2D eigenvalue weighted by Gasteiger charge is 2.20. The van der Waals surface area contributed by atoms with E-state index < -0.39 is 6.04 Å². The molecule has 3 amide bonds. The third-order valence-electron chi connectivity index (χ3n) is 4.18. The molecule has 0 heterocycles. The Morgan fingerprint density at radius 1 is 0.926 bits per heavy atom. The Kier molecular flexibility index (Phi) is 13.1. The van der Waals surface area contributed by atoms with Gasteiger partial charge in [0.1, 0.15) is 0 Å². The van der Waals surface area contributed by atoms with Crippen molar-refractivity contribution < 1.29 is 19.2 Å². The van der Waals surface area contributed by atoms with Gasteiger partial charge in [0.2, 0.25) is 17.7 Å². The van der Waals surface area contributed by atoms with Crippen molar-refractivity contribution in [2.45, 2.75) is 71.9 Å². The number of likely N-dealkylation sites (N-methyl/N-ethyl adjacent to an activating group) is 1. The first kappa shape index (κ1) is 25.0. The molecule has 0 aromatic rings. The Balaban J connectivity index is 4.26. The van der Waals surface area contributed by atoms with E-state index in [1.165, 1.54) is 6.92 Å². The van der Waals surface area contributed by atoms with Crippen LogP contribution in [0.15, 0.2) is 0 Å². The Labute approximate surface area is 162 Å². The molecule has 8 nitrogen and oxygen atoms in total. The molecule has 0 saturated heterocycles. The predicted octanol–water partition coefficient (Wildman–Crippen LogP) is 0.507. The van der Waals surface area contributed by atoms with Gasteiger partial charge < -0.3 is 21.3 Å². The van der Waals surface area contributed by atoms with Gasteiger partial charge in [0.25, 0.3) is 0 Å². The van der Waals surface area contributed by atoms with Crippen LogP contribution in [-0.2, 0) is 19.2 Å². The van der Waals surface area contributed by atoms with Crippen molar-refractivity contribution in [2.75, 3.05) is 20.1 Å². The number of carbonyl (C=O) groups excluding carboxylic acids is 4. The second kappa shape index (κ2) is 14.1. The highest BCUT2D eigenvalue weighted by molar-refractivity contribution is 5.91. The number of nitrogens with one attached hydrogen (secondary N) is 4. The third-order valence-corrected chi connectivity index (χ3v) is 4.18. The molecule has 0 saturated carbocycles. The van der Waals surface area contributed by atoms with Crippen molar-refractivity contribution >= 4 is 23.5 Å². The topological polar surface area (TPSA) is 116 Å². The minimum absolute atomic E-state index is 0.000461. The molecule has 4 N–H and O–H groups in total. The van der Waals surface area contributed by atoms with E-state index >= 15 is 0 Å². The molecule has 8 heteroatoms. The zero-order valence-electron chi connectivity index (χ0n) is 17.3. The van der Waals surface area contributed by atoms with Crippen LogP contribution < -0.4 is 21.3 Å². The zero-order chi connectivity index (χ0) is 20.8. The lowest BCUT2D eigenvalue weighted by Gasteiger charge is -2.19. The van der Waals surface area contributed by atoms with E-state index in [2.05, 4.69) is 21.3 Å². The van der Waals surface area contributed by atoms with Gasteiger partial charge in [-0.05, 0) is 45.6 Å². The van der Waals surface area contributed by atoms with Crippen molar-refractivity contribution in [3.63, 3.8) is 0 Å². The second-order valence-electron chi connectivity index (χ2n) is 7.12. The molecule has 0 bridgehead atoms. The van der Waals surface area contributed by atoms with E-state index in [0.717, 1.165) is 6.42 Å². The summed E-state index contributed by atoms with van der Waals surface area (Å²) in [6.07, 6.45) is 3.07. The maximum atomic E-state index is 12.1. The molecular formula is C19H36N4O4. The normalized spacial score (nSPS) is 13.0. The monoisotopic (exact) mass is 384 g/mol. The number of amides is 3. The average Bonchev–Trinajstić information content (AvgIpc) is 2.62. The van der Waals surface area contributed by atoms with E-state index in [1.54, 1.807) is 14.0 Å². The van der Waals surface area contributed by atoms with E-state index in [-0.39, 0.29) is 36.1 Å². The van der Waals surface area contributed by atoms with Crippen LogP contribution in [0.25, 0.3) is 0 Å². The molecule has 0 aromatic heterocycles. The standard InChI is InChI=1S/C19H36N4O4/c1-6-17(25)21-10-8-7-9-15(14(4)24)23-18(26)12-22-19(27)16(20-5)11-13(2)3/h13,15-16,20H,6-12H2,1-5H3,(H,21,25)(H,22,27)(H,23,26)/t15-,16-/m0/s1. The largest absolute Gasteiger partial charge is 0.356 e. The van der Waals surface area contributed by atoms with Gasteiger partial charge in [-0.1, -0.05) is 20.8 Å². The number of hydrogen-bond donors (Lipinski definition) is 4. The number of hydrogen-bond acceptors (Lipinski definition) is 5. The molecule has 0 fully saturated rings. The maximum Gasteiger partial charge on any atom is 0.239 e. The van der Waals surface area contributed by atoms with E-state index in [9.17, 15) is 19.2 Å². The van der Waals surface area contributed by atoms with Crippen LogP contribution in [0, 0.1) is 5.92 Å². The zero-order valence-corrected chi connectivity index (χ0v) is 17.3. The van der Waals surface area contributed by atoms with E-state index in [1.807, 2.05) is 13.8 Å². The minimum Gasteiger partial charge on any atom is -0.356 e.